The van der Waals surface area contributed by atoms with Gasteiger partial charge < -0.3 is 5.11 Å². The Morgan fingerprint density at radius 2 is 2.26 bits per heavy atom. The van der Waals surface area contributed by atoms with Crippen LogP contribution in [0.5, 0.6) is 0 Å². The highest BCUT2D eigenvalue weighted by molar-refractivity contribution is 7.99. The molecular formula is C13H16N4OS. The summed E-state index contributed by atoms with van der Waals surface area (Å²) < 4.78 is 2.11. The van der Waals surface area contributed by atoms with Gasteiger partial charge in [-0.1, -0.05) is 35.5 Å². The highest BCUT2D eigenvalue weighted by Crippen LogP contribution is 2.28. The molecule has 5 nitrogen and oxygen atoms in total. The molecule has 0 aliphatic carbocycles. The highest BCUT2D eigenvalue weighted by atomic mass is 32.2. The van der Waals surface area contributed by atoms with Gasteiger partial charge in [0.25, 0.3) is 0 Å². The third-order valence-electron chi connectivity index (χ3n) is 3.13. The van der Waals surface area contributed by atoms with Crippen LogP contribution in [0.4, 0.5) is 0 Å². The average molecular weight is 276 g/mol. The number of hydrogen-bond donors (Lipinski definition) is 1. The predicted molar refractivity (Wildman–Crippen MR) is 74.7 cm³/mol. The van der Waals surface area contributed by atoms with Gasteiger partial charge in [-0.25, -0.2) is 0 Å². The Morgan fingerprint density at radius 3 is 3.05 bits per heavy atom. The van der Waals surface area contributed by atoms with Gasteiger partial charge in [-0.05, 0) is 13.0 Å². The Morgan fingerprint density at radius 1 is 1.37 bits per heavy atom. The van der Waals surface area contributed by atoms with Crippen LogP contribution in [0.25, 0.3) is 11.4 Å². The molecule has 0 atom stereocenters. The smallest absolute Gasteiger partial charge is 0.193 e. The van der Waals surface area contributed by atoms with Gasteiger partial charge in [0.1, 0.15) is 0 Å². The SMILES string of the molecule is Cc1cccc(-c2nnc3n2CN(CCO)CS3)c1. The van der Waals surface area contributed by atoms with Crippen LogP contribution in [0, 0.1) is 6.92 Å². The Labute approximate surface area is 116 Å². The summed E-state index contributed by atoms with van der Waals surface area (Å²) in [7, 11) is 0. The molecule has 1 aliphatic heterocycles. The van der Waals surface area contributed by atoms with E-state index in [1.54, 1.807) is 11.8 Å². The van der Waals surface area contributed by atoms with Crippen molar-refractivity contribution in [3.8, 4) is 11.4 Å². The van der Waals surface area contributed by atoms with Crippen molar-refractivity contribution in [1.82, 2.24) is 19.7 Å². The van der Waals surface area contributed by atoms with E-state index >= 15 is 0 Å². The first-order chi connectivity index (χ1) is 9.28. The van der Waals surface area contributed by atoms with E-state index in [0.717, 1.165) is 29.1 Å². The van der Waals surface area contributed by atoms with E-state index in [-0.39, 0.29) is 6.61 Å². The van der Waals surface area contributed by atoms with Crippen molar-refractivity contribution >= 4 is 11.8 Å². The molecule has 0 unspecified atom stereocenters. The molecule has 1 aromatic heterocycles. The van der Waals surface area contributed by atoms with Crippen LogP contribution >= 0.6 is 11.8 Å². The molecule has 1 N–H and O–H groups in total. The molecule has 0 saturated heterocycles. The largest absolute Gasteiger partial charge is 0.395 e. The minimum atomic E-state index is 0.178. The third kappa shape index (κ3) is 2.51. The molecule has 2 heterocycles. The first-order valence-corrected chi connectivity index (χ1v) is 7.23. The van der Waals surface area contributed by atoms with Crippen molar-refractivity contribution in [1.29, 1.82) is 0 Å². The van der Waals surface area contributed by atoms with Crippen molar-refractivity contribution in [2.24, 2.45) is 0 Å². The number of fused-ring (bicyclic) bond motifs is 1. The van der Waals surface area contributed by atoms with E-state index in [2.05, 4.69) is 44.8 Å². The number of nitrogens with zero attached hydrogens (tertiary/aromatic N) is 4. The van der Waals surface area contributed by atoms with Crippen molar-refractivity contribution in [2.45, 2.75) is 18.7 Å². The molecule has 100 valence electrons. The van der Waals surface area contributed by atoms with E-state index in [9.17, 15) is 0 Å². The van der Waals surface area contributed by atoms with E-state index in [1.165, 1.54) is 5.56 Å². The van der Waals surface area contributed by atoms with Crippen LogP contribution in [0.1, 0.15) is 5.56 Å². The van der Waals surface area contributed by atoms with Crippen molar-refractivity contribution in [2.75, 3.05) is 19.0 Å². The first kappa shape index (κ1) is 12.7. The normalized spacial score (nSPS) is 15.5. The quantitative estimate of drug-likeness (QED) is 0.922. The Kier molecular flexibility index (Phi) is 3.54. The number of hydrogen-bond acceptors (Lipinski definition) is 5. The lowest BCUT2D eigenvalue weighted by molar-refractivity contribution is 0.178. The zero-order chi connectivity index (χ0) is 13.2. The van der Waals surface area contributed by atoms with Gasteiger partial charge >= 0.3 is 0 Å². The maximum atomic E-state index is 9.05. The van der Waals surface area contributed by atoms with Crippen LogP contribution in [-0.4, -0.2) is 43.8 Å². The summed E-state index contributed by atoms with van der Waals surface area (Å²) in [6.45, 7) is 3.67. The van der Waals surface area contributed by atoms with Crippen molar-refractivity contribution in [3.05, 3.63) is 29.8 Å². The van der Waals surface area contributed by atoms with Gasteiger partial charge in [-0.3, -0.25) is 9.47 Å². The fourth-order valence-corrected chi connectivity index (χ4v) is 3.09. The average Bonchev–Trinajstić information content (AvgIpc) is 2.82. The van der Waals surface area contributed by atoms with E-state index in [0.29, 0.717) is 6.54 Å². The maximum Gasteiger partial charge on any atom is 0.193 e. The molecule has 0 fully saturated rings. The summed E-state index contributed by atoms with van der Waals surface area (Å²) in [5, 5.41) is 18.5. The predicted octanol–water partition coefficient (Wildman–Crippen LogP) is 1.57. The standard InChI is InChI=1S/C13H16N4OS/c1-10-3-2-4-11(7-10)12-14-15-13-17(12)8-16(5-6-18)9-19-13/h2-4,7,18H,5-6,8-9H2,1H3. The number of β-amino-alcohol motifs (C(OH)–C–C–N with tert-alkyl or cyclic N) is 1. The zero-order valence-electron chi connectivity index (χ0n) is 10.8. The van der Waals surface area contributed by atoms with Crippen LogP contribution in [0.3, 0.4) is 0 Å². The van der Waals surface area contributed by atoms with E-state index in [1.807, 2.05) is 6.07 Å². The Hall–Kier alpha value is -1.37. The summed E-state index contributed by atoms with van der Waals surface area (Å²) in [4.78, 5) is 2.18. The van der Waals surface area contributed by atoms with Gasteiger partial charge in [0.05, 0.1) is 19.2 Å². The highest BCUT2D eigenvalue weighted by Gasteiger charge is 2.21. The second-order valence-electron chi connectivity index (χ2n) is 4.64. The number of aliphatic hydroxyl groups is 1. The molecule has 0 spiro atoms. The molecule has 1 aliphatic rings. The fourth-order valence-electron chi connectivity index (χ4n) is 2.19. The van der Waals surface area contributed by atoms with Crippen LogP contribution in [0.2, 0.25) is 0 Å². The molecule has 0 amide bonds. The molecule has 0 saturated carbocycles. The van der Waals surface area contributed by atoms with Gasteiger partial charge in [-0.2, -0.15) is 0 Å². The monoisotopic (exact) mass is 276 g/mol. The fraction of sp³-hybridized carbons (Fsp3) is 0.385. The van der Waals surface area contributed by atoms with E-state index < -0.39 is 0 Å². The van der Waals surface area contributed by atoms with Crippen LogP contribution in [-0.2, 0) is 6.67 Å². The first-order valence-electron chi connectivity index (χ1n) is 6.24. The van der Waals surface area contributed by atoms with Crippen molar-refractivity contribution in [3.63, 3.8) is 0 Å². The van der Waals surface area contributed by atoms with E-state index in [4.69, 9.17) is 5.11 Å². The lowest BCUT2D eigenvalue weighted by atomic mass is 10.1. The summed E-state index contributed by atoms with van der Waals surface area (Å²) >= 11 is 1.66. The number of aliphatic hydroxyl groups excluding tert-OH is 1. The number of aryl methyl sites for hydroxylation is 1. The number of aromatic nitrogens is 3. The number of rotatable bonds is 3. The number of benzene rings is 1. The lowest BCUT2D eigenvalue weighted by Gasteiger charge is -2.26. The second-order valence-corrected chi connectivity index (χ2v) is 5.55. The van der Waals surface area contributed by atoms with Gasteiger partial charge in [0.2, 0.25) is 0 Å². The Bertz CT molecular complexity index is 584. The molecule has 1 aromatic carbocycles. The maximum absolute atomic E-state index is 9.05. The molecule has 3 rings (SSSR count). The molecule has 0 bridgehead atoms. The topological polar surface area (TPSA) is 54.2 Å². The van der Waals surface area contributed by atoms with Crippen LogP contribution < -0.4 is 0 Å². The molecule has 0 radical (unpaired) electrons. The van der Waals surface area contributed by atoms with Gasteiger partial charge in [0.15, 0.2) is 11.0 Å². The summed E-state index contributed by atoms with van der Waals surface area (Å²) in [6, 6.07) is 8.28. The minimum absolute atomic E-state index is 0.178. The van der Waals surface area contributed by atoms with Gasteiger partial charge in [-0.15, -0.1) is 10.2 Å². The molecule has 6 heteroatoms. The van der Waals surface area contributed by atoms with Gasteiger partial charge in [0, 0.05) is 12.1 Å². The molecular weight excluding hydrogens is 260 g/mol. The molecule has 2 aromatic rings. The summed E-state index contributed by atoms with van der Waals surface area (Å²) in [5.74, 6) is 1.75. The lowest BCUT2D eigenvalue weighted by Crippen LogP contribution is -2.32. The second kappa shape index (κ2) is 5.32. The summed E-state index contributed by atoms with van der Waals surface area (Å²) in [6.07, 6.45) is 0. The molecule has 19 heavy (non-hydrogen) atoms. The third-order valence-corrected chi connectivity index (χ3v) is 4.18. The minimum Gasteiger partial charge on any atom is -0.395 e. The van der Waals surface area contributed by atoms with Crippen molar-refractivity contribution < 1.29 is 5.11 Å². The number of thioether (sulfide) groups is 1. The van der Waals surface area contributed by atoms with Crippen LogP contribution in [0.15, 0.2) is 29.4 Å². The Balaban J connectivity index is 1.95. The zero-order valence-corrected chi connectivity index (χ0v) is 11.6. The summed E-state index contributed by atoms with van der Waals surface area (Å²) in [5.41, 5.74) is 2.30.